The minimum atomic E-state index is -0.0495. The highest BCUT2D eigenvalue weighted by molar-refractivity contribution is 5.94. The molecule has 0 unspecified atom stereocenters. The molecule has 0 atom stereocenters. The van der Waals surface area contributed by atoms with Crippen molar-refractivity contribution in [2.75, 3.05) is 18.4 Å². The molecule has 1 aromatic carbocycles. The zero-order valence-electron chi connectivity index (χ0n) is 11.6. The van der Waals surface area contributed by atoms with Gasteiger partial charge in [0.2, 0.25) is 0 Å². The van der Waals surface area contributed by atoms with Crippen LogP contribution in [0.2, 0.25) is 0 Å². The summed E-state index contributed by atoms with van der Waals surface area (Å²) in [4.78, 5) is 18.9. The van der Waals surface area contributed by atoms with E-state index in [2.05, 4.69) is 27.5 Å². The summed E-state index contributed by atoms with van der Waals surface area (Å²) in [5.41, 5.74) is 2.74. The molecule has 2 rings (SSSR count). The Morgan fingerprint density at radius 2 is 2.05 bits per heavy atom. The van der Waals surface area contributed by atoms with E-state index >= 15 is 0 Å². The van der Waals surface area contributed by atoms with Crippen molar-refractivity contribution in [2.24, 2.45) is 0 Å². The first-order valence-corrected chi connectivity index (χ1v) is 6.89. The van der Waals surface area contributed by atoms with E-state index < -0.39 is 0 Å². The van der Waals surface area contributed by atoms with Crippen LogP contribution in [0.25, 0.3) is 0 Å². The molecule has 0 aliphatic carbocycles. The SMILES string of the molecule is CCCNc1ccc(C(=O)NCCc2cnc[nH]2)cc1. The van der Waals surface area contributed by atoms with Crippen molar-refractivity contribution in [2.45, 2.75) is 19.8 Å². The average molecular weight is 272 g/mol. The fourth-order valence-electron chi connectivity index (χ4n) is 1.84. The number of nitrogens with one attached hydrogen (secondary N) is 3. The van der Waals surface area contributed by atoms with Gasteiger partial charge in [0, 0.05) is 42.7 Å². The Labute approximate surface area is 118 Å². The van der Waals surface area contributed by atoms with Crippen molar-refractivity contribution < 1.29 is 4.79 Å². The van der Waals surface area contributed by atoms with Gasteiger partial charge >= 0.3 is 0 Å². The Morgan fingerprint density at radius 3 is 2.70 bits per heavy atom. The molecule has 1 heterocycles. The van der Waals surface area contributed by atoms with Gasteiger partial charge in [-0.2, -0.15) is 0 Å². The van der Waals surface area contributed by atoms with Crippen molar-refractivity contribution in [3.63, 3.8) is 0 Å². The molecule has 0 saturated heterocycles. The van der Waals surface area contributed by atoms with E-state index in [-0.39, 0.29) is 5.91 Å². The van der Waals surface area contributed by atoms with Gasteiger partial charge in [0.15, 0.2) is 0 Å². The summed E-state index contributed by atoms with van der Waals surface area (Å²) in [6.45, 7) is 3.65. The standard InChI is InChI=1S/C15H20N4O/c1-2-8-17-13-5-3-12(4-6-13)15(20)18-9-7-14-10-16-11-19-14/h3-6,10-11,17H,2,7-9H2,1H3,(H,16,19)(H,18,20). The maximum absolute atomic E-state index is 11.9. The zero-order valence-corrected chi connectivity index (χ0v) is 11.6. The maximum atomic E-state index is 11.9. The number of benzene rings is 1. The minimum Gasteiger partial charge on any atom is -0.385 e. The van der Waals surface area contributed by atoms with Gasteiger partial charge in [-0.3, -0.25) is 4.79 Å². The van der Waals surface area contributed by atoms with E-state index in [0.717, 1.165) is 30.8 Å². The number of hydrogen-bond acceptors (Lipinski definition) is 3. The first kappa shape index (κ1) is 14.1. The minimum absolute atomic E-state index is 0.0495. The van der Waals surface area contributed by atoms with E-state index in [1.165, 1.54) is 0 Å². The van der Waals surface area contributed by atoms with Crippen LogP contribution < -0.4 is 10.6 Å². The topological polar surface area (TPSA) is 69.8 Å². The lowest BCUT2D eigenvalue weighted by Gasteiger charge is -2.07. The third kappa shape index (κ3) is 4.12. The van der Waals surface area contributed by atoms with Crippen molar-refractivity contribution in [1.82, 2.24) is 15.3 Å². The quantitative estimate of drug-likeness (QED) is 0.723. The summed E-state index contributed by atoms with van der Waals surface area (Å²) in [6.07, 6.45) is 5.23. The first-order valence-electron chi connectivity index (χ1n) is 6.89. The van der Waals surface area contributed by atoms with Gasteiger partial charge in [0.05, 0.1) is 6.33 Å². The summed E-state index contributed by atoms with van der Waals surface area (Å²) >= 11 is 0. The second-order valence-electron chi connectivity index (χ2n) is 4.59. The molecule has 0 bridgehead atoms. The highest BCUT2D eigenvalue weighted by atomic mass is 16.1. The smallest absolute Gasteiger partial charge is 0.251 e. The van der Waals surface area contributed by atoms with Crippen LogP contribution in [0.5, 0.6) is 0 Å². The largest absolute Gasteiger partial charge is 0.385 e. The van der Waals surface area contributed by atoms with E-state index in [1.807, 2.05) is 24.3 Å². The molecule has 0 fully saturated rings. The molecule has 106 valence electrons. The van der Waals surface area contributed by atoms with Gasteiger partial charge in [-0.1, -0.05) is 6.92 Å². The van der Waals surface area contributed by atoms with Gasteiger partial charge in [0.25, 0.3) is 5.91 Å². The Hall–Kier alpha value is -2.30. The van der Waals surface area contributed by atoms with Crippen molar-refractivity contribution in [3.05, 3.63) is 48.0 Å². The van der Waals surface area contributed by atoms with Crippen LogP contribution in [0, 0.1) is 0 Å². The molecule has 2 aromatic rings. The second-order valence-corrected chi connectivity index (χ2v) is 4.59. The van der Waals surface area contributed by atoms with Gasteiger partial charge < -0.3 is 15.6 Å². The van der Waals surface area contributed by atoms with E-state index in [0.29, 0.717) is 12.1 Å². The number of aromatic nitrogens is 2. The van der Waals surface area contributed by atoms with Crippen LogP contribution in [0.15, 0.2) is 36.8 Å². The number of hydrogen-bond donors (Lipinski definition) is 3. The molecule has 1 aromatic heterocycles. The van der Waals surface area contributed by atoms with Gasteiger partial charge in [-0.15, -0.1) is 0 Å². The zero-order chi connectivity index (χ0) is 14.2. The van der Waals surface area contributed by atoms with Crippen LogP contribution in [0.1, 0.15) is 29.4 Å². The molecule has 0 aliphatic heterocycles. The molecular formula is C15H20N4O. The van der Waals surface area contributed by atoms with Crippen molar-refractivity contribution in [1.29, 1.82) is 0 Å². The maximum Gasteiger partial charge on any atom is 0.251 e. The Bertz CT molecular complexity index is 519. The molecule has 0 saturated carbocycles. The number of rotatable bonds is 7. The summed E-state index contributed by atoms with van der Waals surface area (Å²) in [5.74, 6) is -0.0495. The summed E-state index contributed by atoms with van der Waals surface area (Å²) in [7, 11) is 0. The lowest BCUT2D eigenvalue weighted by Crippen LogP contribution is -2.25. The van der Waals surface area contributed by atoms with Crippen LogP contribution in [0.4, 0.5) is 5.69 Å². The molecule has 3 N–H and O–H groups in total. The first-order chi connectivity index (χ1) is 9.79. The number of anilines is 1. The second kappa shape index (κ2) is 7.33. The fourth-order valence-corrected chi connectivity index (χ4v) is 1.84. The number of nitrogens with zero attached hydrogens (tertiary/aromatic N) is 1. The molecule has 5 heteroatoms. The number of carbonyl (C=O) groups excluding carboxylic acids is 1. The van der Waals surface area contributed by atoms with Gasteiger partial charge in [0.1, 0.15) is 0 Å². The van der Waals surface area contributed by atoms with Gasteiger partial charge in [-0.25, -0.2) is 4.98 Å². The highest BCUT2D eigenvalue weighted by Gasteiger charge is 2.04. The summed E-state index contributed by atoms with van der Waals surface area (Å²) in [6, 6.07) is 7.53. The molecule has 20 heavy (non-hydrogen) atoms. The summed E-state index contributed by atoms with van der Waals surface area (Å²) in [5, 5.41) is 6.17. The Morgan fingerprint density at radius 1 is 1.25 bits per heavy atom. The third-order valence-electron chi connectivity index (χ3n) is 2.96. The lowest BCUT2D eigenvalue weighted by molar-refractivity contribution is 0.0954. The predicted octanol–water partition coefficient (Wildman–Crippen LogP) is 2.20. The lowest BCUT2D eigenvalue weighted by atomic mass is 10.2. The van der Waals surface area contributed by atoms with Crippen molar-refractivity contribution >= 4 is 11.6 Å². The van der Waals surface area contributed by atoms with E-state index in [1.54, 1.807) is 12.5 Å². The van der Waals surface area contributed by atoms with E-state index in [4.69, 9.17) is 0 Å². The van der Waals surface area contributed by atoms with Crippen LogP contribution in [-0.2, 0) is 6.42 Å². The number of amides is 1. The highest BCUT2D eigenvalue weighted by Crippen LogP contribution is 2.09. The van der Waals surface area contributed by atoms with Crippen LogP contribution in [-0.4, -0.2) is 29.0 Å². The molecule has 0 aliphatic rings. The normalized spacial score (nSPS) is 10.2. The molecular weight excluding hydrogens is 252 g/mol. The molecule has 5 nitrogen and oxygen atoms in total. The number of H-pyrrole nitrogens is 1. The monoisotopic (exact) mass is 272 g/mol. The molecule has 0 radical (unpaired) electrons. The van der Waals surface area contributed by atoms with Crippen molar-refractivity contribution in [3.8, 4) is 0 Å². The number of imidazole rings is 1. The third-order valence-corrected chi connectivity index (χ3v) is 2.96. The number of aromatic amines is 1. The van der Waals surface area contributed by atoms with E-state index in [9.17, 15) is 4.79 Å². The Balaban J connectivity index is 1.79. The van der Waals surface area contributed by atoms with Gasteiger partial charge in [-0.05, 0) is 30.7 Å². The Kier molecular flexibility index (Phi) is 5.17. The van der Waals surface area contributed by atoms with Crippen LogP contribution >= 0.6 is 0 Å². The average Bonchev–Trinajstić information content (AvgIpc) is 2.99. The fraction of sp³-hybridized carbons (Fsp3) is 0.333. The predicted molar refractivity (Wildman–Crippen MR) is 79.8 cm³/mol. The van der Waals surface area contributed by atoms with Crippen LogP contribution in [0.3, 0.4) is 0 Å². The molecule has 1 amide bonds. The molecule has 0 spiro atoms. The number of carbonyl (C=O) groups is 1. The summed E-state index contributed by atoms with van der Waals surface area (Å²) < 4.78 is 0.